The largest absolute Gasteiger partial charge is 0.337 e. The summed E-state index contributed by atoms with van der Waals surface area (Å²) in [5.41, 5.74) is 6.53. The molecule has 0 radical (unpaired) electrons. The van der Waals surface area contributed by atoms with Crippen molar-refractivity contribution in [3.63, 3.8) is 0 Å². The SMILES string of the molecule is Cc1cc(F)cc(C(=O)N2C[C@@H](CN)[C@H](c3ccccc3)C2)c1[N+](=O)[O-]. The summed E-state index contributed by atoms with van der Waals surface area (Å²) < 4.78 is 13.8. The van der Waals surface area contributed by atoms with Gasteiger partial charge in [0.15, 0.2) is 0 Å². The lowest BCUT2D eigenvalue weighted by atomic mass is 9.89. The van der Waals surface area contributed by atoms with Crippen LogP contribution in [-0.2, 0) is 0 Å². The molecule has 6 nitrogen and oxygen atoms in total. The van der Waals surface area contributed by atoms with Gasteiger partial charge in [-0.25, -0.2) is 4.39 Å². The van der Waals surface area contributed by atoms with E-state index in [4.69, 9.17) is 5.73 Å². The van der Waals surface area contributed by atoms with E-state index in [1.165, 1.54) is 11.8 Å². The van der Waals surface area contributed by atoms with Gasteiger partial charge in [0.1, 0.15) is 11.4 Å². The highest BCUT2D eigenvalue weighted by atomic mass is 19.1. The topological polar surface area (TPSA) is 89.5 Å². The fourth-order valence-corrected chi connectivity index (χ4v) is 3.67. The van der Waals surface area contributed by atoms with Gasteiger partial charge in [-0.2, -0.15) is 0 Å². The van der Waals surface area contributed by atoms with Crippen molar-refractivity contribution in [3.05, 3.63) is 75.1 Å². The lowest BCUT2D eigenvalue weighted by Gasteiger charge is -2.17. The average Bonchev–Trinajstić information content (AvgIpc) is 3.05. The van der Waals surface area contributed by atoms with Crippen LogP contribution in [0.25, 0.3) is 0 Å². The zero-order valence-electron chi connectivity index (χ0n) is 14.4. The number of amides is 1. The Morgan fingerprint density at radius 1 is 1.31 bits per heavy atom. The fourth-order valence-electron chi connectivity index (χ4n) is 3.67. The van der Waals surface area contributed by atoms with E-state index in [0.717, 1.165) is 17.7 Å². The molecule has 1 saturated heterocycles. The molecule has 2 aromatic carbocycles. The first-order valence-corrected chi connectivity index (χ1v) is 8.41. The second kappa shape index (κ2) is 7.21. The van der Waals surface area contributed by atoms with Crippen LogP contribution in [0.15, 0.2) is 42.5 Å². The second-order valence-electron chi connectivity index (χ2n) is 6.60. The first-order valence-electron chi connectivity index (χ1n) is 8.41. The third-order valence-electron chi connectivity index (χ3n) is 4.94. The van der Waals surface area contributed by atoms with Crippen molar-refractivity contribution >= 4 is 11.6 Å². The Bertz CT molecular complexity index is 841. The van der Waals surface area contributed by atoms with E-state index in [9.17, 15) is 19.3 Å². The molecule has 0 unspecified atom stereocenters. The van der Waals surface area contributed by atoms with E-state index < -0.39 is 16.6 Å². The predicted octanol–water partition coefficient (Wildman–Crippen LogP) is 2.86. The van der Waals surface area contributed by atoms with Gasteiger partial charge in [-0.05, 0) is 37.1 Å². The average molecular weight is 357 g/mol. The van der Waals surface area contributed by atoms with Gasteiger partial charge in [-0.3, -0.25) is 14.9 Å². The number of carbonyl (C=O) groups is 1. The number of carbonyl (C=O) groups excluding carboxylic acids is 1. The van der Waals surface area contributed by atoms with E-state index in [-0.39, 0.29) is 28.7 Å². The number of nitrogens with zero attached hydrogens (tertiary/aromatic N) is 2. The zero-order valence-corrected chi connectivity index (χ0v) is 14.4. The summed E-state index contributed by atoms with van der Waals surface area (Å²) in [6.07, 6.45) is 0. The summed E-state index contributed by atoms with van der Waals surface area (Å²) in [5, 5.41) is 11.4. The molecule has 7 heteroatoms. The standard InChI is InChI=1S/C19H20FN3O3/c1-12-7-15(20)8-16(18(12)23(25)26)19(24)22-10-14(9-21)17(11-22)13-5-3-2-4-6-13/h2-8,14,17H,9-11,21H2,1H3/t14-,17+/m1/s1. The molecule has 1 fully saturated rings. The molecule has 3 rings (SSSR count). The zero-order chi connectivity index (χ0) is 18.8. The Labute approximate surface area is 150 Å². The molecule has 0 spiro atoms. The van der Waals surface area contributed by atoms with Gasteiger partial charge < -0.3 is 10.6 Å². The summed E-state index contributed by atoms with van der Waals surface area (Å²) in [5.74, 6) is -1.09. The predicted molar refractivity (Wildman–Crippen MR) is 95.4 cm³/mol. The molecule has 0 saturated carbocycles. The van der Waals surface area contributed by atoms with Gasteiger partial charge in [0.2, 0.25) is 0 Å². The maximum atomic E-state index is 13.8. The number of nitro benzene ring substituents is 1. The van der Waals surface area contributed by atoms with Crippen LogP contribution in [0, 0.1) is 28.8 Å². The van der Waals surface area contributed by atoms with Crippen LogP contribution in [0.5, 0.6) is 0 Å². The quantitative estimate of drug-likeness (QED) is 0.673. The maximum absolute atomic E-state index is 13.8. The van der Waals surface area contributed by atoms with Crippen molar-refractivity contribution in [2.24, 2.45) is 11.7 Å². The van der Waals surface area contributed by atoms with Crippen LogP contribution < -0.4 is 5.73 Å². The second-order valence-corrected chi connectivity index (χ2v) is 6.60. The number of benzene rings is 2. The van der Waals surface area contributed by atoms with Crippen LogP contribution >= 0.6 is 0 Å². The number of halogens is 1. The van der Waals surface area contributed by atoms with Crippen LogP contribution in [0.1, 0.15) is 27.4 Å². The monoisotopic (exact) mass is 357 g/mol. The van der Waals surface area contributed by atoms with E-state index in [0.29, 0.717) is 19.6 Å². The molecule has 1 aliphatic heterocycles. The minimum Gasteiger partial charge on any atom is -0.337 e. The highest BCUT2D eigenvalue weighted by molar-refractivity contribution is 5.99. The smallest absolute Gasteiger partial charge is 0.285 e. The number of aryl methyl sites for hydroxylation is 1. The summed E-state index contributed by atoms with van der Waals surface area (Å²) in [6.45, 7) is 2.62. The Morgan fingerprint density at radius 3 is 2.62 bits per heavy atom. The van der Waals surface area contributed by atoms with Crippen LogP contribution in [0.2, 0.25) is 0 Å². The van der Waals surface area contributed by atoms with Gasteiger partial charge in [0, 0.05) is 24.6 Å². The number of nitrogens with two attached hydrogens (primary N) is 1. The Kier molecular flexibility index (Phi) is 4.99. The maximum Gasteiger partial charge on any atom is 0.285 e. The molecule has 2 atom stereocenters. The van der Waals surface area contributed by atoms with Crippen molar-refractivity contribution in [3.8, 4) is 0 Å². The van der Waals surface area contributed by atoms with E-state index >= 15 is 0 Å². The number of likely N-dealkylation sites (tertiary alicyclic amines) is 1. The highest BCUT2D eigenvalue weighted by Gasteiger charge is 2.37. The Morgan fingerprint density at radius 2 is 2.00 bits per heavy atom. The van der Waals surface area contributed by atoms with Gasteiger partial charge in [0.25, 0.3) is 11.6 Å². The summed E-state index contributed by atoms with van der Waals surface area (Å²) in [6, 6.07) is 11.7. The lowest BCUT2D eigenvalue weighted by Crippen LogP contribution is -2.30. The number of nitro groups is 1. The van der Waals surface area contributed by atoms with Gasteiger partial charge in [-0.1, -0.05) is 30.3 Å². The van der Waals surface area contributed by atoms with E-state index in [2.05, 4.69) is 0 Å². The molecule has 1 amide bonds. The molecule has 0 aromatic heterocycles. The fraction of sp³-hybridized carbons (Fsp3) is 0.316. The minimum atomic E-state index is -0.661. The number of rotatable bonds is 4. The van der Waals surface area contributed by atoms with Crippen LogP contribution in [0.3, 0.4) is 0 Å². The van der Waals surface area contributed by atoms with Crippen LogP contribution in [0.4, 0.5) is 10.1 Å². The third-order valence-corrected chi connectivity index (χ3v) is 4.94. The molecular formula is C19H20FN3O3. The van der Waals surface area contributed by atoms with Gasteiger partial charge in [-0.15, -0.1) is 0 Å². The molecule has 2 aromatic rings. The van der Waals surface area contributed by atoms with E-state index in [1.54, 1.807) is 0 Å². The number of hydrogen-bond acceptors (Lipinski definition) is 4. The van der Waals surface area contributed by atoms with Crippen molar-refractivity contribution < 1.29 is 14.1 Å². The summed E-state index contributed by atoms with van der Waals surface area (Å²) in [7, 11) is 0. The van der Waals surface area contributed by atoms with Crippen LogP contribution in [-0.4, -0.2) is 35.4 Å². The first-order chi connectivity index (χ1) is 12.4. The molecule has 26 heavy (non-hydrogen) atoms. The molecule has 0 bridgehead atoms. The summed E-state index contributed by atoms with van der Waals surface area (Å²) >= 11 is 0. The highest BCUT2D eigenvalue weighted by Crippen LogP contribution is 2.34. The van der Waals surface area contributed by atoms with E-state index in [1.807, 2.05) is 30.3 Å². The molecule has 2 N–H and O–H groups in total. The Balaban J connectivity index is 1.93. The normalized spacial score (nSPS) is 19.6. The first kappa shape index (κ1) is 18.0. The molecule has 0 aliphatic carbocycles. The summed E-state index contributed by atoms with van der Waals surface area (Å²) in [4.78, 5) is 25.2. The molecular weight excluding hydrogens is 337 g/mol. The lowest BCUT2D eigenvalue weighted by molar-refractivity contribution is -0.385. The van der Waals surface area contributed by atoms with Crippen molar-refractivity contribution in [1.82, 2.24) is 4.90 Å². The number of hydrogen-bond donors (Lipinski definition) is 1. The molecule has 1 heterocycles. The third kappa shape index (κ3) is 3.30. The molecule has 136 valence electrons. The van der Waals surface area contributed by atoms with Crippen molar-refractivity contribution in [1.29, 1.82) is 0 Å². The molecule has 1 aliphatic rings. The van der Waals surface area contributed by atoms with Crippen molar-refractivity contribution in [2.75, 3.05) is 19.6 Å². The minimum absolute atomic E-state index is 0.0510. The van der Waals surface area contributed by atoms with Crippen molar-refractivity contribution in [2.45, 2.75) is 12.8 Å². The Hall–Kier alpha value is -2.80. The van der Waals surface area contributed by atoms with Gasteiger partial charge >= 0.3 is 0 Å². The van der Waals surface area contributed by atoms with Gasteiger partial charge in [0.05, 0.1) is 4.92 Å².